The molecule has 1 unspecified atom stereocenters. The van der Waals surface area contributed by atoms with Gasteiger partial charge in [0.25, 0.3) is 0 Å². The number of hydrogen-bond donors (Lipinski definition) is 0. The van der Waals surface area contributed by atoms with Crippen molar-refractivity contribution in [1.29, 1.82) is 0 Å². The van der Waals surface area contributed by atoms with Crippen LogP contribution in [0.1, 0.15) is 12.8 Å². The summed E-state index contributed by atoms with van der Waals surface area (Å²) in [7, 11) is 0. The van der Waals surface area contributed by atoms with Gasteiger partial charge in [0, 0.05) is 11.9 Å². The van der Waals surface area contributed by atoms with Crippen LogP contribution in [0.25, 0.3) is 0 Å². The van der Waals surface area contributed by atoms with Gasteiger partial charge in [-0.15, -0.1) is 11.6 Å². The number of rotatable bonds is 3. The Kier molecular flexibility index (Phi) is 4.01. The Bertz CT molecular complexity index is 188. The van der Waals surface area contributed by atoms with E-state index < -0.39 is 18.9 Å². The van der Waals surface area contributed by atoms with Crippen LogP contribution in [0.5, 0.6) is 0 Å². The van der Waals surface area contributed by atoms with Crippen LogP contribution >= 0.6 is 11.6 Å². The number of nitrogens with zero attached hydrogens (tertiary/aromatic N) is 1. The summed E-state index contributed by atoms with van der Waals surface area (Å²) in [5.41, 5.74) is 0. The van der Waals surface area contributed by atoms with Crippen LogP contribution in [0.3, 0.4) is 0 Å². The summed E-state index contributed by atoms with van der Waals surface area (Å²) in [6.45, 7) is -0.205. The van der Waals surface area contributed by atoms with E-state index in [-0.39, 0.29) is 11.9 Å². The number of halogens is 5. The Morgan fingerprint density at radius 1 is 1.43 bits per heavy atom. The van der Waals surface area contributed by atoms with Gasteiger partial charge in [-0.2, -0.15) is 8.78 Å². The van der Waals surface area contributed by atoms with E-state index in [0.29, 0.717) is 13.0 Å². The molecule has 14 heavy (non-hydrogen) atoms. The van der Waals surface area contributed by atoms with Gasteiger partial charge in [0.15, 0.2) is 0 Å². The molecular weight excluding hydrogens is 222 g/mol. The molecule has 0 radical (unpaired) electrons. The third-order valence-electron chi connectivity index (χ3n) is 2.20. The second kappa shape index (κ2) is 4.66. The molecule has 1 aliphatic heterocycles. The highest BCUT2D eigenvalue weighted by atomic mass is 35.5. The van der Waals surface area contributed by atoms with Crippen LogP contribution in [-0.2, 0) is 0 Å². The summed E-state index contributed by atoms with van der Waals surface area (Å²) < 4.78 is 49.0. The number of likely N-dealkylation sites (tertiary alicyclic amines) is 1. The van der Waals surface area contributed by atoms with Crippen LogP contribution in [0.15, 0.2) is 0 Å². The van der Waals surface area contributed by atoms with Gasteiger partial charge in [-0.25, -0.2) is 8.78 Å². The van der Waals surface area contributed by atoms with Crippen LogP contribution in [0, 0.1) is 0 Å². The molecule has 0 aromatic rings. The fourth-order valence-electron chi connectivity index (χ4n) is 1.51. The zero-order valence-corrected chi connectivity index (χ0v) is 8.28. The highest BCUT2D eigenvalue weighted by Gasteiger charge is 2.42. The van der Waals surface area contributed by atoms with E-state index in [1.807, 2.05) is 0 Å². The third kappa shape index (κ3) is 3.28. The second-order valence-corrected chi connectivity index (χ2v) is 4.15. The molecule has 1 aliphatic rings. The van der Waals surface area contributed by atoms with E-state index >= 15 is 0 Å². The van der Waals surface area contributed by atoms with Crippen LogP contribution in [0.2, 0.25) is 0 Å². The van der Waals surface area contributed by atoms with Crippen molar-refractivity contribution in [1.82, 2.24) is 4.90 Å². The van der Waals surface area contributed by atoms with Crippen molar-refractivity contribution < 1.29 is 17.6 Å². The van der Waals surface area contributed by atoms with Crippen molar-refractivity contribution >= 4 is 11.6 Å². The molecule has 1 nitrogen and oxygen atoms in total. The maximum atomic E-state index is 12.6. The minimum atomic E-state index is -3.92. The van der Waals surface area contributed by atoms with Gasteiger partial charge in [-0.05, 0) is 19.4 Å². The monoisotopic (exact) mass is 233 g/mol. The predicted molar refractivity (Wildman–Crippen MR) is 46.3 cm³/mol. The zero-order chi connectivity index (χ0) is 10.8. The molecule has 0 aromatic carbocycles. The van der Waals surface area contributed by atoms with Crippen molar-refractivity contribution in [2.24, 2.45) is 0 Å². The van der Waals surface area contributed by atoms with Crippen molar-refractivity contribution in [2.75, 3.05) is 19.6 Å². The fraction of sp³-hybridized carbons (Fsp3) is 1.00. The Balaban J connectivity index is 2.43. The first-order valence-corrected chi connectivity index (χ1v) is 4.88. The fourth-order valence-corrected chi connectivity index (χ4v) is 1.86. The molecule has 84 valence electrons. The molecule has 0 spiro atoms. The van der Waals surface area contributed by atoms with Crippen LogP contribution in [-0.4, -0.2) is 42.3 Å². The van der Waals surface area contributed by atoms with E-state index in [1.165, 1.54) is 4.90 Å². The number of piperidine rings is 1. The summed E-state index contributed by atoms with van der Waals surface area (Å²) in [5, 5.41) is -0.197. The largest absolute Gasteiger partial charge is 0.319 e. The Morgan fingerprint density at radius 3 is 2.57 bits per heavy atom. The van der Waals surface area contributed by atoms with E-state index in [4.69, 9.17) is 11.6 Å². The average molecular weight is 234 g/mol. The van der Waals surface area contributed by atoms with Gasteiger partial charge < -0.3 is 0 Å². The first-order valence-electron chi connectivity index (χ1n) is 4.44. The van der Waals surface area contributed by atoms with Crippen LogP contribution < -0.4 is 0 Å². The van der Waals surface area contributed by atoms with Crippen LogP contribution in [0.4, 0.5) is 17.6 Å². The predicted octanol–water partition coefficient (Wildman–Crippen LogP) is 2.59. The van der Waals surface area contributed by atoms with E-state index in [2.05, 4.69) is 0 Å². The van der Waals surface area contributed by atoms with Gasteiger partial charge >= 0.3 is 12.3 Å². The maximum absolute atomic E-state index is 12.6. The SMILES string of the molecule is FC(F)C(F)(F)CN1CCCC(Cl)C1. The topological polar surface area (TPSA) is 3.24 Å². The lowest BCUT2D eigenvalue weighted by Crippen LogP contribution is -2.46. The zero-order valence-electron chi connectivity index (χ0n) is 7.53. The van der Waals surface area contributed by atoms with Crippen molar-refractivity contribution in [2.45, 2.75) is 30.6 Å². The Hall–Kier alpha value is -0.0300. The molecule has 1 fully saturated rings. The standard InChI is InChI=1S/C8H12ClF4N/c9-6-2-1-3-14(4-6)5-8(12,13)7(10)11/h6-7H,1-5H2. The molecule has 0 N–H and O–H groups in total. The minimum Gasteiger partial charge on any atom is -0.296 e. The number of alkyl halides is 5. The third-order valence-corrected chi connectivity index (χ3v) is 2.56. The molecule has 1 heterocycles. The molecule has 0 aromatic heterocycles. The summed E-state index contributed by atoms with van der Waals surface area (Å²) >= 11 is 5.75. The molecule has 0 saturated carbocycles. The highest BCUT2D eigenvalue weighted by Crippen LogP contribution is 2.26. The molecular formula is C8H12ClF4N. The average Bonchev–Trinajstić information content (AvgIpc) is 2.02. The van der Waals surface area contributed by atoms with E-state index in [9.17, 15) is 17.6 Å². The maximum Gasteiger partial charge on any atom is 0.319 e. The van der Waals surface area contributed by atoms with Gasteiger partial charge in [0.05, 0.1) is 6.54 Å². The van der Waals surface area contributed by atoms with Gasteiger partial charge in [0.2, 0.25) is 0 Å². The molecule has 1 saturated heterocycles. The second-order valence-electron chi connectivity index (χ2n) is 3.54. The molecule has 1 rings (SSSR count). The molecule has 0 bridgehead atoms. The quantitative estimate of drug-likeness (QED) is 0.535. The Labute approximate surface area is 85.0 Å². The first-order chi connectivity index (χ1) is 6.42. The normalized spacial score (nSPS) is 25.7. The molecule has 1 atom stereocenters. The summed E-state index contributed by atoms with van der Waals surface area (Å²) in [5.74, 6) is -3.92. The summed E-state index contributed by atoms with van der Waals surface area (Å²) in [4.78, 5) is 1.30. The number of hydrogen-bond acceptors (Lipinski definition) is 1. The lowest BCUT2D eigenvalue weighted by Gasteiger charge is -2.32. The lowest BCUT2D eigenvalue weighted by molar-refractivity contribution is -0.143. The Morgan fingerprint density at radius 2 is 2.07 bits per heavy atom. The van der Waals surface area contributed by atoms with Crippen molar-refractivity contribution in [3.05, 3.63) is 0 Å². The molecule has 0 amide bonds. The van der Waals surface area contributed by atoms with Crippen molar-refractivity contribution in [3.8, 4) is 0 Å². The first kappa shape index (κ1) is 12.0. The molecule has 0 aliphatic carbocycles. The van der Waals surface area contributed by atoms with Gasteiger partial charge in [0.1, 0.15) is 0 Å². The van der Waals surface area contributed by atoms with Crippen molar-refractivity contribution in [3.63, 3.8) is 0 Å². The summed E-state index contributed by atoms with van der Waals surface area (Å²) in [6, 6.07) is 0. The van der Waals surface area contributed by atoms with Gasteiger partial charge in [-0.3, -0.25) is 4.90 Å². The lowest BCUT2D eigenvalue weighted by atomic mass is 10.1. The van der Waals surface area contributed by atoms with E-state index in [0.717, 1.165) is 6.42 Å². The van der Waals surface area contributed by atoms with E-state index in [1.54, 1.807) is 0 Å². The van der Waals surface area contributed by atoms with Gasteiger partial charge in [-0.1, -0.05) is 0 Å². The summed E-state index contributed by atoms with van der Waals surface area (Å²) in [6.07, 6.45) is -2.15. The minimum absolute atomic E-state index is 0.197. The highest BCUT2D eigenvalue weighted by molar-refractivity contribution is 6.20. The molecule has 6 heteroatoms. The smallest absolute Gasteiger partial charge is 0.296 e.